The normalized spacial score (nSPS) is 19.7. The van der Waals surface area contributed by atoms with Crippen LogP contribution in [-0.2, 0) is 4.79 Å². The number of thioether (sulfide) groups is 1. The van der Waals surface area contributed by atoms with E-state index >= 15 is 0 Å². The topological polar surface area (TPSA) is 47.3 Å². The predicted octanol–water partition coefficient (Wildman–Crippen LogP) is 5.21. The molecule has 136 valence electrons. The Bertz CT molecular complexity index is 968. The molecule has 1 unspecified atom stereocenters. The van der Waals surface area contributed by atoms with Gasteiger partial charge in [-0.05, 0) is 35.9 Å². The average molecular weight is 416 g/mol. The summed E-state index contributed by atoms with van der Waals surface area (Å²) in [6, 6.07) is 17.3. The summed E-state index contributed by atoms with van der Waals surface area (Å²) in [7, 11) is 0. The quantitative estimate of drug-likeness (QED) is 0.674. The zero-order chi connectivity index (χ0) is 19.0. The molecule has 0 aliphatic carbocycles. The summed E-state index contributed by atoms with van der Waals surface area (Å²) in [5.74, 6) is 0.442. The van der Waals surface area contributed by atoms with Gasteiger partial charge >= 0.3 is 0 Å². The number of carbonyl (C=O) groups excluding carboxylic acids is 1. The summed E-state index contributed by atoms with van der Waals surface area (Å²) in [6.07, 6.45) is 0.276. The summed E-state index contributed by atoms with van der Waals surface area (Å²) < 4.78 is 0. The highest BCUT2D eigenvalue weighted by Crippen LogP contribution is 2.43. The average Bonchev–Trinajstić information content (AvgIpc) is 2.68. The van der Waals surface area contributed by atoms with Crippen LogP contribution in [0, 0.1) is 11.3 Å². The van der Waals surface area contributed by atoms with Gasteiger partial charge in [0, 0.05) is 28.1 Å². The van der Waals surface area contributed by atoms with Crippen molar-refractivity contribution in [3.8, 4) is 6.07 Å². The molecule has 2 aliphatic heterocycles. The highest BCUT2D eigenvalue weighted by molar-refractivity contribution is 8.03. The number of halogens is 2. The molecule has 1 atom stereocenters. The number of benzene rings is 2. The van der Waals surface area contributed by atoms with E-state index in [9.17, 15) is 10.1 Å². The Labute approximate surface area is 172 Å². The third-order valence-electron chi connectivity index (χ3n) is 4.74. The number of rotatable bonds is 2. The smallest absolute Gasteiger partial charge is 0.229 e. The van der Waals surface area contributed by atoms with Gasteiger partial charge in [0.05, 0.1) is 29.2 Å². The number of carbonyl (C=O) groups is 1. The van der Waals surface area contributed by atoms with Gasteiger partial charge in [0.1, 0.15) is 0 Å². The van der Waals surface area contributed by atoms with Crippen molar-refractivity contribution >= 4 is 46.6 Å². The largest absolute Gasteiger partial charge is 0.344 e. The van der Waals surface area contributed by atoms with Crippen LogP contribution in [0.3, 0.4) is 0 Å². The lowest BCUT2D eigenvalue weighted by Crippen LogP contribution is -2.47. The van der Waals surface area contributed by atoms with Crippen molar-refractivity contribution in [2.45, 2.75) is 12.3 Å². The molecule has 2 heterocycles. The van der Waals surface area contributed by atoms with Crippen molar-refractivity contribution in [3.05, 3.63) is 74.7 Å². The Kier molecular flexibility index (Phi) is 5.05. The molecule has 0 saturated carbocycles. The first-order valence-electron chi connectivity index (χ1n) is 8.40. The molecule has 2 aliphatic rings. The summed E-state index contributed by atoms with van der Waals surface area (Å²) >= 11 is 13.6. The molecular formula is C20H15Cl2N3OS. The molecule has 1 amide bonds. The molecule has 0 radical (unpaired) electrons. The lowest BCUT2D eigenvalue weighted by molar-refractivity contribution is -0.129. The van der Waals surface area contributed by atoms with Crippen LogP contribution in [0.4, 0.5) is 5.69 Å². The molecule has 2 aromatic rings. The Morgan fingerprint density at radius 1 is 1.11 bits per heavy atom. The second-order valence-corrected chi connectivity index (χ2v) is 8.20. The van der Waals surface area contributed by atoms with Gasteiger partial charge in [-0.15, -0.1) is 0 Å². The van der Waals surface area contributed by atoms with Gasteiger partial charge in [0.15, 0.2) is 0 Å². The van der Waals surface area contributed by atoms with E-state index in [-0.39, 0.29) is 18.2 Å². The SMILES string of the molecule is N#CC1=C2SCN(c3cccc(Cl)c3)CN2C(=O)CC1c1ccc(Cl)cc1. The van der Waals surface area contributed by atoms with Crippen molar-refractivity contribution in [1.29, 1.82) is 5.26 Å². The molecule has 0 spiro atoms. The van der Waals surface area contributed by atoms with Crippen LogP contribution >= 0.6 is 35.0 Å². The molecule has 2 aromatic carbocycles. The maximum atomic E-state index is 12.9. The fourth-order valence-corrected chi connectivity index (χ4v) is 4.86. The van der Waals surface area contributed by atoms with Crippen LogP contribution in [0.5, 0.6) is 0 Å². The van der Waals surface area contributed by atoms with Gasteiger partial charge in [-0.25, -0.2) is 0 Å². The maximum absolute atomic E-state index is 12.9. The van der Waals surface area contributed by atoms with Gasteiger partial charge in [0.25, 0.3) is 0 Å². The summed E-state index contributed by atoms with van der Waals surface area (Å²) in [5, 5.41) is 11.9. The van der Waals surface area contributed by atoms with Crippen LogP contribution in [-0.4, -0.2) is 23.4 Å². The van der Waals surface area contributed by atoms with Crippen molar-refractivity contribution in [3.63, 3.8) is 0 Å². The first-order valence-corrected chi connectivity index (χ1v) is 10.1. The zero-order valence-corrected chi connectivity index (χ0v) is 16.6. The molecule has 4 rings (SSSR count). The van der Waals surface area contributed by atoms with Crippen LogP contribution in [0.25, 0.3) is 0 Å². The van der Waals surface area contributed by atoms with Crippen LogP contribution in [0.2, 0.25) is 10.0 Å². The van der Waals surface area contributed by atoms with Crippen molar-refractivity contribution < 1.29 is 4.79 Å². The molecule has 4 nitrogen and oxygen atoms in total. The van der Waals surface area contributed by atoms with E-state index in [1.807, 2.05) is 36.4 Å². The second kappa shape index (κ2) is 7.47. The van der Waals surface area contributed by atoms with E-state index < -0.39 is 0 Å². The minimum absolute atomic E-state index is 0.0168. The fourth-order valence-electron chi connectivity index (χ4n) is 3.38. The molecule has 7 heteroatoms. The Morgan fingerprint density at radius 3 is 2.59 bits per heavy atom. The number of nitrogens with zero attached hydrogens (tertiary/aromatic N) is 3. The second-order valence-electron chi connectivity index (χ2n) is 6.40. The van der Waals surface area contributed by atoms with E-state index in [0.717, 1.165) is 16.3 Å². The molecule has 0 aromatic heterocycles. The van der Waals surface area contributed by atoms with Crippen LogP contribution in [0.1, 0.15) is 17.9 Å². The standard InChI is InChI=1S/C20H15Cl2N3OS/c21-14-6-4-13(5-7-14)17-9-19(26)25-11-24(12-27-20(25)18(17)10-23)16-3-1-2-15(22)8-16/h1-8,17H,9,11-12H2. The lowest BCUT2D eigenvalue weighted by Gasteiger charge is -2.42. The molecule has 27 heavy (non-hydrogen) atoms. The Hall–Kier alpha value is -2.13. The van der Waals surface area contributed by atoms with E-state index in [2.05, 4.69) is 11.0 Å². The summed E-state index contributed by atoms with van der Waals surface area (Å²) in [6.45, 7) is 0.417. The first-order chi connectivity index (χ1) is 13.1. The first kappa shape index (κ1) is 18.2. The number of nitriles is 1. The third-order valence-corrected chi connectivity index (χ3v) is 6.38. The molecule has 1 fully saturated rings. The Morgan fingerprint density at radius 2 is 1.89 bits per heavy atom. The highest BCUT2D eigenvalue weighted by atomic mass is 35.5. The number of hydrogen-bond donors (Lipinski definition) is 0. The fraction of sp³-hybridized carbons (Fsp3) is 0.200. The molecule has 0 bridgehead atoms. The van der Waals surface area contributed by atoms with Crippen molar-refractivity contribution in [2.24, 2.45) is 0 Å². The van der Waals surface area contributed by atoms with Gasteiger partial charge in [-0.3, -0.25) is 9.69 Å². The summed E-state index contributed by atoms with van der Waals surface area (Å²) in [5.41, 5.74) is 2.54. The predicted molar refractivity (Wildman–Crippen MR) is 110 cm³/mol. The molecular weight excluding hydrogens is 401 g/mol. The highest BCUT2D eigenvalue weighted by Gasteiger charge is 2.38. The van der Waals surface area contributed by atoms with E-state index in [4.69, 9.17) is 23.2 Å². The van der Waals surface area contributed by atoms with Gasteiger partial charge in [-0.1, -0.05) is 53.2 Å². The minimum Gasteiger partial charge on any atom is -0.344 e. The molecule has 1 saturated heterocycles. The minimum atomic E-state index is -0.226. The van der Waals surface area contributed by atoms with Crippen molar-refractivity contribution in [1.82, 2.24) is 4.90 Å². The van der Waals surface area contributed by atoms with E-state index in [1.165, 1.54) is 11.8 Å². The maximum Gasteiger partial charge on any atom is 0.229 e. The number of fused-ring (bicyclic) bond motifs is 1. The zero-order valence-electron chi connectivity index (χ0n) is 14.2. The Balaban J connectivity index is 1.66. The number of hydrogen-bond acceptors (Lipinski definition) is 4. The summed E-state index contributed by atoms with van der Waals surface area (Å²) in [4.78, 5) is 16.7. The van der Waals surface area contributed by atoms with Gasteiger partial charge in [-0.2, -0.15) is 5.26 Å². The lowest BCUT2D eigenvalue weighted by atomic mass is 9.86. The van der Waals surface area contributed by atoms with Crippen LogP contribution < -0.4 is 4.90 Å². The molecule has 0 N–H and O–H groups in total. The van der Waals surface area contributed by atoms with Gasteiger partial charge < -0.3 is 4.90 Å². The van der Waals surface area contributed by atoms with Crippen LogP contribution in [0.15, 0.2) is 59.1 Å². The van der Waals surface area contributed by atoms with E-state index in [1.54, 1.807) is 17.0 Å². The van der Waals surface area contributed by atoms with Gasteiger partial charge in [0.2, 0.25) is 5.91 Å². The number of amides is 1. The number of allylic oxidation sites excluding steroid dienone is 1. The van der Waals surface area contributed by atoms with Crippen molar-refractivity contribution in [2.75, 3.05) is 17.4 Å². The number of anilines is 1. The third kappa shape index (κ3) is 3.53. The monoisotopic (exact) mass is 415 g/mol. The van der Waals surface area contributed by atoms with E-state index in [0.29, 0.717) is 28.2 Å².